The third kappa shape index (κ3) is 2.88. The minimum atomic E-state index is -1.18. The molecule has 4 amide bonds. The number of nitrogens with two attached hydrogens (primary N) is 1. The first kappa shape index (κ1) is 16.8. The van der Waals surface area contributed by atoms with Crippen molar-refractivity contribution in [2.24, 2.45) is 5.73 Å². The van der Waals surface area contributed by atoms with E-state index in [2.05, 4.69) is 5.32 Å². The molecular formula is C18H19N3O4. The topological polar surface area (TPSA) is 102 Å². The van der Waals surface area contributed by atoms with E-state index in [1.54, 1.807) is 20.1 Å². The van der Waals surface area contributed by atoms with Gasteiger partial charge in [-0.15, -0.1) is 0 Å². The highest BCUT2D eigenvalue weighted by Gasteiger charge is 2.48. The van der Waals surface area contributed by atoms with E-state index >= 15 is 0 Å². The highest BCUT2D eigenvalue weighted by Crippen LogP contribution is 2.32. The smallest absolute Gasteiger partial charge is 0.325 e. The van der Waals surface area contributed by atoms with E-state index in [0.717, 1.165) is 21.4 Å². The Labute approximate surface area is 144 Å². The van der Waals surface area contributed by atoms with Crippen molar-refractivity contribution in [2.45, 2.75) is 18.9 Å². The second-order valence-corrected chi connectivity index (χ2v) is 6.16. The van der Waals surface area contributed by atoms with Crippen molar-refractivity contribution in [3.05, 3.63) is 42.0 Å². The first-order chi connectivity index (χ1) is 11.8. The lowest BCUT2D eigenvalue weighted by Crippen LogP contribution is -2.41. The van der Waals surface area contributed by atoms with Crippen LogP contribution in [0.25, 0.3) is 10.8 Å². The van der Waals surface area contributed by atoms with Crippen LogP contribution >= 0.6 is 0 Å². The van der Waals surface area contributed by atoms with Gasteiger partial charge in [-0.25, -0.2) is 4.79 Å². The van der Waals surface area contributed by atoms with Crippen LogP contribution in [0.3, 0.4) is 0 Å². The van der Waals surface area contributed by atoms with Crippen molar-refractivity contribution in [3.8, 4) is 5.75 Å². The van der Waals surface area contributed by atoms with E-state index in [0.29, 0.717) is 5.56 Å². The number of primary amides is 1. The summed E-state index contributed by atoms with van der Waals surface area (Å²) < 4.78 is 5.21. The Kier molecular flexibility index (Phi) is 4.08. The van der Waals surface area contributed by atoms with Crippen molar-refractivity contribution in [1.29, 1.82) is 0 Å². The van der Waals surface area contributed by atoms with Crippen molar-refractivity contribution in [3.63, 3.8) is 0 Å². The average Bonchev–Trinajstić information content (AvgIpc) is 2.82. The third-order valence-corrected chi connectivity index (χ3v) is 4.48. The van der Waals surface area contributed by atoms with Gasteiger partial charge >= 0.3 is 6.03 Å². The Morgan fingerprint density at radius 3 is 2.56 bits per heavy atom. The largest absolute Gasteiger partial charge is 0.497 e. The molecule has 1 saturated heterocycles. The summed E-state index contributed by atoms with van der Waals surface area (Å²) in [5, 5.41) is 4.61. The molecule has 130 valence electrons. The number of amides is 4. The second kappa shape index (κ2) is 6.08. The first-order valence-corrected chi connectivity index (χ1v) is 7.86. The highest BCUT2D eigenvalue weighted by molar-refractivity contribution is 6.07. The molecule has 3 rings (SSSR count). The Bertz CT molecular complexity index is 880. The van der Waals surface area contributed by atoms with Gasteiger partial charge in [0.15, 0.2) is 0 Å². The number of rotatable bonds is 5. The molecule has 0 aromatic heterocycles. The van der Waals surface area contributed by atoms with Gasteiger partial charge in [0.1, 0.15) is 11.3 Å². The van der Waals surface area contributed by atoms with Gasteiger partial charge in [-0.3, -0.25) is 14.5 Å². The van der Waals surface area contributed by atoms with Crippen LogP contribution in [0.5, 0.6) is 5.75 Å². The second-order valence-electron chi connectivity index (χ2n) is 6.16. The normalized spacial score (nSPS) is 20.0. The molecule has 2 aromatic rings. The molecule has 1 aliphatic rings. The summed E-state index contributed by atoms with van der Waals surface area (Å²) in [5.41, 5.74) is 4.60. The van der Waals surface area contributed by atoms with Crippen LogP contribution in [0.2, 0.25) is 0 Å². The van der Waals surface area contributed by atoms with E-state index < -0.39 is 23.4 Å². The number of nitrogens with zero attached hydrogens (tertiary/aromatic N) is 1. The number of hydrogen-bond acceptors (Lipinski definition) is 4. The van der Waals surface area contributed by atoms with E-state index in [-0.39, 0.29) is 13.0 Å². The van der Waals surface area contributed by atoms with Crippen LogP contribution in [0, 0.1) is 0 Å². The minimum Gasteiger partial charge on any atom is -0.497 e. The molecule has 2 aromatic carbocycles. The van der Waals surface area contributed by atoms with Crippen molar-refractivity contribution in [2.75, 3.05) is 13.7 Å². The van der Waals surface area contributed by atoms with Crippen LogP contribution in [0.15, 0.2) is 36.4 Å². The molecule has 1 unspecified atom stereocenters. The van der Waals surface area contributed by atoms with Gasteiger partial charge in [0.25, 0.3) is 5.91 Å². The predicted molar refractivity (Wildman–Crippen MR) is 91.9 cm³/mol. The number of methoxy groups -OCH3 is 1. The zero-order chi connectivity index (χ0) is 18.2. The summed E-state index contributed by atoms with van der Waals surface area (Å²) >= 11 is 0. The summed E-state index contributed by atoms with van der Waals surface area (Å²) in [5.74, 6) is -0.213. The van der Waals surface area contributed by atoms with Gasteiger partial charge in [-0.05, 0) is 41.5 Å². The minimum absolute atomic E-state index is 0.0274. The molecule has 0 saturated carbocycles. The number of ether oxygens (including phenoxy) is 1. The van der Waals surface area contributed by atoms with Crippen molar-refractivity contribution < 1.29 is 19.1 Å². The molecule has 1 aliphatic heterocycles. The van der Waals surface area contributed by atoms with Crippen LogP contribution in [0.4, 0.5) is 4.79 Å². The molecule has 1 atom stereocenters. The zero-order valence-electron chi connectivity index (χ0n) is 14.0. The maximum absolute atomic E-state index is 12.8. The van der Waals surface area contributed by atoms with Gasteiger partial charge in [0.2, 0.25) is 5.91 Å². The average molecular weight is 341 g/mol. The number of imide groups is 1. The fourth-order valence-electron chi connectivity index (χ4n) is 2.98. The first-order valence-electron chi connectivity index (χ1n) is 7.86. The standard InChI is InChI=1S/C18H19N3O4/c1-18(16(23)21(17(24)20-18)8-7-15(19)22)13-5-3-12-10-14(25-2)6-4-11(12)9-13/h3-6,9-10H,7-8H2,1-2H3,(H2,19,22)(H,20,24). The number of fused-ring (bicyclic) bond motifs is 1. The Morgan fingerprint density at radius 1 is 1.20 bits per heavy atom. The number of urea groups is 1. The van der Waals surface area contributed by atoms with Crippen molar-refractivity contribution >= 4 is 28.6 Å². The Balaban J connectivity index is 1.94. The Morgan fingerprint density at radius 2 is 1.88 bits per heavy atom. The summed E-state index contributed by atoms with van der Waals surface area (Å²) in [4.78, 5) is 36.9. The summed E-state index contributed by atoms with van der Waals surface area (Å²) in [6.07, 6.45) is -0.0627. The molecule has 3 N–H and O–H groups in total. The molecule has 0 aliphatic carbocycles. The maximum Gasteiger partial charge on any atom is 0.325 e. The molecule has 0 bridgehead atoms. The summed E-state index contributed by atoms with van der Waals surface area (Å²) in [6.45, 7) is 1.63. The molecule has 0 radical (unpaired) electrons. The Hall–Kier alpha value is -3.09. The molecule has 1 fully saturated rings. The lowest BCUT2D eigenvalue weighted by molar-refractivity contribution is -0.131. The van der Waals surface area contributed by atoms with E-state index in [1.165, 1.54) is 0 Å². The van der Waals surface area contributed by atoms with Gasteiger partial charge in [-0.2, -0.15) is 0 Å². The molecule has 0 spiro atoms. The van der Waals surface area contributed by atoms with Crippen molar-refractivity contribution in [1.82, 2.24) is 10.2 Å². The number of carbonyl (C=O) groups is 3. The molecule has 7 heteroatoms. The maximum atomic E-state index is 12.8. The highest BCUT2D eigenvalue weighted by atomic mass is 16.5. The molecular weight excluding hydrogens is 322 g/mol. The molecule has 25 heavy (non-hydrogen) atoms. The number of benzene rings is 2. The van der Waals surface area contributed by atoms with Crippen LogP contribution in [-0.4, -0.2) is 36.4 Å². The SMILES string of the molecule is COc1ccc2cc(C3(C)NC(=O)N(CCC(N)=O)C3=O)ccc2c1. The quantitative estimate of drug-likeness (QED) is 0.804. The fraction of sp³-hybridized carbons (Fsp3) is 0.278. The van der Waals surface area contributed by atoms with Crippen LogP contribution in [0.1, 0.15) is 18.9 Å². The van der Waals surface area contributed by atoms with E-state index in [9.17, 15) is 14.4 Å². The van der Waals surface area contributed by atoms with Gasteiger partial charge < -0.3 is 15.8 Å². The number of carbonyl (C=O) groups excluding carboxylic acids is 3. The molecule has 7 nitrogen and oxygen atoms in total. The lowest BCUT2D eigenvalue weighted by atomic mass is 9.90. The lowest BCUT2D eigenvalue weighted by Gasteiger charge is -2.22. The number of hydrogen-bond donors (Lipinski definition) is 2. The van der Waals surface area contributed by atoms with Gasteiger partial charge in [0.05, 0.1) is 7.11 Å². The summed E-state index contributed by atoms with van der Waals surface area (Å²) in [6, 6.07) is 10.7. The van der Waals surface area contributed by atoms with Crippen LogP contribution < -0.4 is 15.8 Å². The third-order valence-electron chi connectivity index (χ3n) is 4.48. The summed E-state index contributed by atoms with van der Waals surface area (Å²) in [7, 11) is 1.60. The molecule has 1 heterocycles. The fourth-order valence-corrected chi connectivity index (χ4v) is 2.98. The monoisotopic (exact) mass is 341 g/mol. The number of nitrogens with one attached hydrogen (secondary N) is 1. The van der Waals surface area contributed by atoms with E-state index in [4.69, 9.17) is 10.5 Å². The van der Waals surface area contributed by atoms with Gasteiger partial charge in [-0.1, -0.05) is 18.2 Å². The zero-order valence-corrected chi connectivity index (χ0v) is 14.0. The predicted octanol–water partition coefficient (Wildman–Crippen LogP) is 1.49. The van der Waals surface area contributed by atoms with Gasteiger partial charge in [0, 0.05) is 13.0 Å². The van der Waals surface area contributed by atoms with Crippen LogP contribution in [-0.2, 0) is 15.1 Å². The van der Waals surface area contributed by atoms with E-state index in [1.807, 2.05) is 30.3 Å².